The fourth-order valence-corrected chi connectivity index (χ4v) is 4.81. The maximum Gasteiger partial charge on any atom is 0.230 e. The quantitative estimate of drug-likeness (QED) is 0.754. The number of hydrogen-bond acceptors (Lipinski definition) is 3. The molecule has 2 heterocycles. The third-order valence-electron chi connectivity index (χ3n) is 6.13. The molecule has 0 saturated heterocycles. The molecule has 3 atom stereocenters. The molecule has 2 aromatic carbocycles. The van der Waals surface area contributed by atoms with Crippen LogP contribution < -0.4 is 5.32 Å². The van der Waals surface area contributed by atoms with Gasteiger partial charge in [-0.1, -0.05) is 61.0 Å². The van der Waals surface area contributed by atoms with Crippen molar-refractivity contribution in [3.05, 3.63) is 82.0 Å². The van der Waals surface area contributed by atoms with Crippen LogP contribution in [0.2, 0.25) is 5.02 Å². The van der Waals surface area contributed by atoms with Gasteiger partial charge in [-0.2, -0.15) is 0 Å². The monoisotopic (exact) mass is 410 g/mol. The molecular weight excluding hydrogens is 384 g/mol. The van der Waals surface area contributed by atoms with E-state index in [9.17, 15) is 9.90 Å². The Bertz CT molecular complexity index is 895. The fourth-order valence-electron chi connectivity index (χ4n) is 4.69. The molecule has 4 rings (SSSR count). The molecule has 0 aromatic heterocycles. The van der Waals surface area contributed by atoms with Gasteiger partial charge in [0.2, 0.25) is 5.91 Å². The van der Waals surface area contributed by atoms with E-state index in [1.807, 2.05) is 47.4 Å². The molecule has 1 amide bonds. The number of aliphatic hydroxyl groups is 1. The van der Waals surface area contributed by atoms with Gasteiger partial charge in [0.15, 0.2) is 0 Å². The van der Waals surface area contributed by atoms with Gasteiger partial charge in [-0.05, 0) is 41.7 Å². The lowest BCUT2D eigenvalue weighted by Crippen LogP contribution is -2.39. The van der Waals surface area contributed by atoms with Crippen molar-refractivity contribution in [1.29, 1.82) is 0 Å². The average Bonchev–Trinajstić information content (AvgIpc) is 3.30. The maximum atomic E-state index is 13.3. The van der Waals surface area contributed by atoms with Crippen LogP contribution in [0, 0.1) is 0 Å². The van der Waals surface area contributed by atoms with Crippen molar-refractivity contribution in [2.45, 2.75) is 37.6 Å². The van der Waals surface area contributed by atoms with Gasteiger partial charge >= 0.3 is 0 Å². The van der Waals surface area contributed by atoms with Crippen molar-refractivity contribution in [3.63, 3.8) is 0 Å². The highest BCUT2D eigenvalue weighted by atomic mass is 35.5. The zero-order valence-electron chi connectivity index (χ0n) is 16.6. The van der Waals surface area contributed by atoms with Crippen molar-refractivity contribution < 1.29 is 9.90 Å². The van der Waals surface area contributed by atoms with E-state index in [2.05, 4.69) is 24.4 Å². The average molecular weight is 411 g/mol. The van der Waals surface area contributed by atoms with Crippen LogP contribution in [-0.2, 0) is 4.79 Å². The van der Waals surface area contributed by atoms with E-state index in [1.54, 1.807) is 0 Å². The Kier molecular flexibility index (Phi) is 5.93. The van der Waals surface area contributed by atoms with Crippen LogP contribution in [0.5, 0.6) is 0 Å². The number of halogens is 1. The summed E-state index contributed by atoms with van der Waals surface area (Å²) in [7, 11) is 0. The molecule has 2 aliphatic rings. The Morgan fingerprint density at radius 2 is 1.90 bits per heavy atom. The molecule has 5 heteroatoms. The van der Waals surface area contributed by atoms with Crippen molar-refractivity contribution >= 4 is 17.5 Å². The largest absolute Gasteiger partial charge is 0.396 e. The smallest absolute Gasteiger partial charge is 0.230 e. The van der Waals surface area contributed by atoms with Gasteiger partial charge in [0, 0.05) is 35.8 Å². The molecule has 3 unspecified atom stereocenters. The molecule has 0 radical (unpaired) electrons. The van der Waals surface area contributed by atoms with Gasteiger partial charge in [-0.15, -0.1) is 0 Å². The minimum Gasteiger partial charge on any atom is -0.396 e. The zero-order valence-corrected chi connectivity index (χ0v) is 17.4. The Morgan fingerprint density at radius 1 is 1.17 bits per heavy atom. The number of carbonyl (C=O) groups is 1. The normalized spacial score (nSPS) is 21.8. The molecule has 4 nitrogen and oxygen atoms in total. The molecule has 0 aliphatic carbocycles. The maximum absolute atomic E-state index is 13.3. The summed E-state index contributed by atoms with van der Waals surface area (Å²) >= 11 is 6.09. The number of amides is 1. The second kappa shape index (κ2) is 8.60. The van der Waals surface area contributed by atoms with E-state index in [1.165, 1.54) is 16.8 Å². The molecule has 0 spiro atoms. The van der Waals surface area contributed by atoms with E-state index in [4.69, 9.17) is 11.6 Å². The van der Waals surface area contributed by atoms with Crippen LogP contribution in [0.3, 0.4) is 0 Å². The summed E-state index contributed by atoms with van der Waals surface area (Å²) < 4.78 is 0. The Labute approximate surface area is 177 Å². The summed E-state index contributed by atoms with van der Waals surface area (Å²) in [5, 5.41) is 13.9. The molecule has 0 saturated carbocycles. The SMILES string of the molecule is CCC1NC2=C(CN(C(=O)C(CCO)c3ccccc3)C2)C1c1ccc(Cl)cc1. The van der Waals surface area contributed by atoms with Crippen LogP contribution in [0.1, 0.15) is 42.7 Å². The minimum absolute atomic E-state index is 0.00412. The highest BCUT2D eigenvalue weighted by Crippen LogP contribution is 2.41. The van der Waals surface area contributed by atoms with E-state index in [0.717, 1.165) is 17.0 Å². The highest BCUT2D eigenvalue weighted by Gasteiger charge is 2.41. The first-order valence-electron chi connectivity index (χ1n) is 10.3. The predicted octanol–water partition coefficient (Wildman–Crippen LogP) is 4.07. The summed E-state index contributed by atoms with van der Waals surface area (Å²) in [6.07, 6.45) is 1.46. The summed E-state index contributed by atoms with van der Waals surface area (Å²) in [5.41, 5.74) is 4.69. The molecule has 2 N–H and O–H groups in total. The summed E-state index contributed by atoms with van der Waals surface area (Å²) in [5.74, 6) is 0.0413. The van der Waals surface area contributed by atoms with Crippen LogP contribution in [0.25, 0.3) is 0 Å². The van der Waals surface area contributed by atoms with Crippen molar-refractivity contribution in [2.24, 2.45) is 0 Å². The lowest BCUT2D eigenvalue weighted by molar-refractivity contribution is -0.132. The lowest BCUT2D eigenvalue weighted by Gasteiger charge is -2.29. The summed E-state index contributed by atoms with van der Waals surface area (Å²) in [6.45, 7) is 3.44. The Morgan fingerprint density at radius 3 is 2.55 bits per heavy atom. The first-order chi connectivity index (χ1) is 14.1. The fraction of sp³-hybridized carbons (Fsp3) is 0.375. The number of rotatable bonds is 6. The molecule has 0 bridgehead atoms. The van der Waals surface area contributed by atoms with Crippen LogP contribution in [0.15, 0.2) is 65.9 Å². The van der Waals surface area contributed by atoms with E-state index in [0.29, 0.717) is 25.6 Å². The summed E-state index contributed by atoms with van der Waals surface area (Å²) in [4.78, 5) is 15.3. The van der Waals surface area contributed by atoms with Crippen LogP contribution >= 0.6 is 11.6 Å². The topological polar surface area (TPSA) is 52.6 Å². The number of aliphatic hydroxyl groups excluding tert-OH is 1. The lowest BCUT2D eigenvalue weighted by atomic mass is 9.86. The number of carbonyl (C=O) groups excluding carboxylic acids is 1. The molecular formula is C24H27ClN2O2. The number of benzene rings is 2. The molecule has 0 fully saturated rings. The molecule has 2 aromatic rings. The van der Waals surface area contributed by atoms with Gasteiger partial charge in [0.1, 0.15) is 0 Å². The standard InChI is InChI=1S/C24H27ClN2O2/c1-2-21-23(17-8-10-18(25)11-9-17)20-14-27(15-22(20)26-21)24(29)19(12-13-28)16-6-4-3-5-7-16/h3-11,19,21,23,26,28H,2,12-15H2,1H3. The van der Waals surface area contributed by atoms with Gasteiger partial charge in [0.05, 0.1) is 12.5 Å². The number of nitrogens with zero attached hydrogens (tertiary/aromatic N) is 1. The molecule has 152 valence electrons. The minimum atomic E-state index is -0.308. The third-order valence-corrected chi connectivity index (χ3v) is 6.39. The van der Waals surface area contributed by atoms with E-state index in [-0.39, 0.29) is 24.3 Å². The van der Waals surface area contributed by atoms with E-state index < -0.39 is 0 Å². The van der Waals surface area contributed by atoms with Gasteiger partial charge in [-0.3, -0.25) is 4.79 Å². The molecule has 2 aliphatic heterocycles. The van der Waals surface area contributed by atoms with Gasteiger partial charge in [-0.25, -0.2) is 0 Å². The second-order valence-electron chi connectivity index (χ2n) is 7.86. The second-order valence-corrected chi connectivity index (χ2v) is 8.30. The van der Waals surface area contributed by atoms with Gasteiger partial charge < -0.3 is 15.3 Å². The van der Waals surface area contributed by atoms with E-state index >= 15 is 0 Å². The number of nitrogens with one attached hydrogen (secondary N) is 1. The Balaban J connectivity index is 1.55. The van der Waals surface area contributed by atoms with Crippen molar-refractivity contribution in [3.8, 4) is 0 Å². The first kappa shape index (κ1) is 20.0. The van der Waals surface area contributed by atoms with Gasteiger partial charge in [0.25, 0.3) is 0 Å². The first-order valence-corrected chi connectivity index (χ1v) is 10.7. The third kappa shape index (κ3) is 3.92. The Hall–Kier alpha value is -2.30. The zero-order chi connectivity index (χ0) is 20.4. The predicted molar refractivity (Wildman–Crippen MR) is 116 cm³/mol. The van der Waals surface area contributed by atoms with Crippen LogP contribution in [-0.4, -0.2) is 41.7 Å². The van der Waals surface area contributed by atoms with Crippen molar-refractivity contribution in [2.75, 3.05) is 19.7 Å². The molecule has 29 heavy (non-hydrogen) atoms. The van der Waals surface area contributed by atoms with Crippen LogP contribution in [0.4, 0.5) is 0 Å². The van der Waals surface area contributed by atoms with Crippen molar-refractivity contribution in [1.82, 2.24) is 10.2 Å². The highest BCUT2D eigenvalue weighted by molar-refractivity contribution is 6.30. The number of hydrogen-bond donors (Lipinski definition) is 2. The summed E-state index contributed by atoms with van der Waals surface area (Å²) in [6, 6.07) is 18.2.